The average molecular weight is 306 g/mol. The third-order valence-corrected chi connectivity index (χ3v) is 7.29. The van der Waals surface area contributed by atoms with E-state index < -0.39 is 7.22 Å². The van der Waals surface area contributed by atoms with Crippen molar-refractivity contribution < 1.29 is 0 Å². The molecule has 1 aliphatic carbocycles. The van der Waals surface area contributed by atoms with Gasteiger partial charge in [-0.1, -0.05) is 63.5 Å². The summed E-state index contributed by atoms with van der Waals surface area (Å²) < 4.78 is 0. The third kappa shape index (κ3) is 5.45. The van der Waals surface area contributed by atoms with E-state index in [1.807, 2.05) is 0 Å². The first-order valence-corrected chi connectivity index (χ1v) is 12.9. The van der Waals surface area contributed by atoms with E-state index >= 15 is 0 Å². The minimum absolute atomic E-state index is 0.558. The summed E-state index contributed by atoms with van der Waals surface area (Å²) in [5, 5.41) is 0. The fraction of sp³-hybridized carbons (Fsp3) is 0.588. The predicted octanol–water partition coefficient (Wildman–Crippen LogP) is 5.76. The number of hydrogen-bond acceptors (Lipinski definition) is 2. The average Bonchev–Trinajstić information content (AvgIpc) is 2.64. The van der Waals surface area contributed by atoms with E-state index in [9.17, 15) is 0 Å². The summed E-state index contributed by atoms with van der Waals surface area (Å²) in [6, 6.07) is 9.29. The van der Waals surface area contributed by atoms with Gasteiger partial charge in [0.2, 0.25) is 0 Å². The van der Waals surface area contributed by atoms with Gasteiger partial charge >= 0.3 is 0 Å². The normalized spacial score (nSPS) is 18.4. The van der Waals surface area contributed by atoms with Gasteiger partial charge in [0.15, 0.2) is 0 Å². The van der Waals surface area contributed by atoms with Gasteiger partial charge in [-0.3, -0.25) is 4.99 Å². The van der Waals surface area contributed by atoms with Crippen molar-refractivity contribution in [1.82, 2.24) is 0 Å². The van der Waals surface area contributed by atoms with Crippen LogP contribution in [-0.4, -0.2) is 19.5 Å². The first-order valence-electron chi connectivity index (χ1n) is 7.86. The topological polar surface area (TPSA) is 12.4 Å². The van der Waals surface area contributed by atoms with Crippen LogP contribution in [0.15, 0.2) is 34.2 Å². The Labute approximate surface area is 128 Å². The highest BCUT2D eigenvalue weighted by Gasteiger charge is 2.16. The zero-order valence-electron chi connectivity index (χ0n) is 13.1. The lowest BCUT2D eigenvalue weighted by molar-refractivity contribution is 0.588. The van der Waals surface area contributed by atoms with E-state index in [2.05, 4.69) is 61.3 Å². The Morgan fingerprint density at radius 2 is 1.70 bits per heavy atom. The van der Waals surface area contributed by atoms with E-state index in [1.165, 1.54) is 49.0 Å². The lowest BCUT2D eigenvalue weighted by atomic mass is 10.1. The van der Waals surface area contributed by atoms with E-state index in [0.29, 0.717) is 6.04 Å². The molecule has 1 fully saturated rings. The summed E-state index contributed by atoms with van der Waals surface area (Å²) in [5.41, 5.74) is 1.31. The van der Waals surface area contributed by atoms with Gasteiger partial charge in [-0.25, -0.2) is 0 Å². The minimum atomic E-state index is -1.15. The molecule has 0 saturated heterocycles. The molecule has 1 saturated carbocycles. The molecule has 0 radical (unpaired) electrons. The second kappa shape index (κ2) is 7.46. The third-order valence-electron chi connectivity index (χ3n) is 3.58. The van der Waals surface area contributed by atoms with Crippen LogP contribution in [-0.2, 0) is 0 Å². The van der Waals surface area contributed by atoms with Crippen molar-refractivity contribution in [3.8, 4) is 0 Å². The largest absolute Gasteiger partial charge is 0.289 e. The fourth-order valence-electron chi connectivity index (χ4n) is 2.60. The lowest BCUT2D eigenvalue weighted by Gasteiger charge is -2.17. The highest BCUT2D eigenvalue weighted by molar-refractivity contribution is 8.28. The van der Waals surface area contributed by atoms with Crippen LogP contribution in [0.2, 0.25) is 19.6 Å². The molecule has 1 aromatic carbocycles. The maximum Gasteiger partial charge on any atom is 0.114 e. The smallest absolute Gasteiger partial charge is 0.114 e. The van der Waals surface area contributed by atoms with Crippen LogP contribution < -0.4 is 0 Å². The molecule has 0 spiro atoms. The van der Waals surface area contributed by atoms with Crippen molar-refractivity contribution in [1.29, 1.82) is 0 Å². The second-order valence-corrected chi connectivity index (χ2v) is 15.8. The molecule has 0 unspecified atom stereocenters. The monoisotopic (exact) mass is 305 g/mol. The number of rotatable bonds is 4. The van der Waals surface area contributed by atoms with Gasteiger partial charge in [0.25, 0.3) is 0 Å². The molecule has 1 aliphatic rings. The van der Waals surface area contributed by atoms with Crippen molar-refractivity contribution in [2.75, 3.05) is 0 Å². The Hall–Kier alpha value is -0.543. The number of benzene rings is 1. The molecular formula is C17H27NSSi. The van der Waals surface area contributed by atoms with Gasteiger partial charge in [-0.05, 0) is 18.9 Å². The first-order chi connectivity index (χ1) is 9.54. The molecule has 0 aliphatic heterocycles. The lowest BCUT2D eigenvalue weighted by Crippen LogP contribution is -2.14. The second-order valence-electron chi connectivity index (χ2n) is 6.68. The SMILES string of the molecule is C[Si](C)(C)Sc1ccccc1C=NC1CCCCCC1. The fourth-order valence-corrected chi connectivity index (χ4v) is 6.18. The minimum Gasteiger partial charge on any atom is -0.289 e. The summed E-state index contributed by atoms with van der Waals surface area (Å²) >= 11 is 2.07. The van der Waals surface area contributed by atoms with Crippen LogP contribution in [0.5, 0.6) is 0 Å². The van der Waals surface area contributed by atoms with Crippen LogP contribution in [0.1, 0.15) is 44.1 Å². The van der Waals surface area contributed by atoms with Crippen LogP contribution in [0.3, 0.4) is 0 Å². The Balaban J connectivity index is 2.08. The molecule has 1 aromatic rings. The Morgan fingerprint density at radius 1 is 1.05 bits per heavy atom. The maximum absolute atomic E-state index is 4.88. The summed E-state index contributed by atoms with van der Waals surface area (Å²) in [7, 11) is -1.15. The van der Waals surface area contributed by atoms with Crippen molar-refractivity contribution in [2.24, 2.45) is 4.99 Å². The van der Waals surface area contributed by atoms with Crippen LogP contribution in [0, 0.1) is 0 Å². The van der Waals surface area contributed by atoms with E-state index in [4.69, 9.17) is 4.99 Å². The van der Waals surface area contributed by atoms with Crippen LogP contribution >= 0.6 is 11.2 Å². The summed E-state index contributed by atoms with van der Waals surface area (Å²) in [6.07, 6.45) is 10.2. The van der Waals surface area contributed by atoms with Gasteiger partial charge in [0, 0.05) is 22.7 Å². The van der Waals surface area contributed by atoms with Crippen LogP contribution in [0.25, 0.3) is 0 Å². The van der Waals surface area contributed by atoms with Gasteiger partial charge in [-0.2, -0.15) is 11.2 Å². The molecule has 0 atom stereocenters. The van der Waals surface area contributed by atoms with Gasteiger partial charge in [0.1, 0.15) is 7.22 Å². The predicted molar refractivity (Wildman–Crippen MR) is 94.7 cm³/mol. The van der Waals surface area contributed by atoms with Gasteiger partial charge in [0.05, 0.1) is 0 Å². The number of aliphatic imine (C=N–C) groups is 1. The Bertz CT molecular complexity index is 443. The van der Waals surface area contributed by atoms with Crippen molar-refractivity contribution in [3.05, 3.63) is 29.8 Å². The molecule has 1 nitrogen and oxygen atoms in total. The quantitative estimate of drug-likeness (QED) is 0.391. The van der Waals surface area contributed by atoms with Crippen molar-refractivity contribution in [3.63, 3.8) is 0 Å². The summed E-state index contributed by atoms with van der Waals surface area (Å²) in [4.78, 5) is 6.29. The maximum atomic E-state index is 4.88. The van der Waals surface area contributed by atoms with Crippen molar-refractivity contribution in [2.45, 2.75) is 69.1 Å². The zero-order chi connectivity index (χ0) is 14.4. The van der Waals surface area contributed by atoms with Crippen molar-refractivity contribution >= 4 is 24.6 Å². The van der Waals surface area contributed by atoms with Gasteiger partial charge in [-0.15, -0.1) is 0 Å². The van der Waals surface area contributed by atoms with Gasteiger partial charge < -0.3 is 0 Å². The first kappa shape index (κ1) is 15.8. The molecule has 0 heterocycles. The number of hydrogen-bond donors (Lipinski definition) is 0. The molecule has 0 bridgehead atoms. The number of nitrogens with zero attached hydrogens (tertiary/aromatic N) is 1. The van der Waals surface area contributed by atoms with E-state index in [0.717, 1.165) is 0 Å². The Kier molecular flexibility index (Phi) is 5.91. The standard InChI is InChI=1S/C17H27NSSi/c1-20(2,3)19-17-13-9-8-10-15(17)14-18-16-11-6-4-5-7-12-16/h8-10,13-14,16H,4-7,11-12H2,1-3H3. The molecule has 0 aromatic heterocycles. The van der Waals surface area contributed by atoms with E-state index in [-0.39, 0.29) is 0 Å². The van der Waals surface area contributed by atoms with E-state index in [1.54, 1.807) is 0 Å². The molecule has 0 N–H and O–H groups in total. The molecular weight excluding hydrogens is 278 g/mol. The molecule has 0 amide bonds. The summed E-state index contributed by atoms with van der Waals surface area (Å²) in [5.74, 6) is 0. The highest BCUT2D eigenvalue weighted by atomic mass is 32.4. The molecule has 110 valence electrons. The Morgan fingerprint density at radius 3 is 2.35 bits per heavy atom. The molecule has 2 rings (SSSR count). The van der Waals surface area contributed by atoms with Crippen LogP contribution in [0.4, 0.5) is 0 Å². The molecule has 20 heavy (non-hydrogen) atoms. The summed E-state index contributed by atoms with van der Waals surface area (Å²) in [6.45, 7) is 7.20. The zero-order valence-corrected chi connectivity index (χ0v) is 14.9. The highest BCUT2D eigenvalue weighted by Crippen LogP contribution is 2.31. The molecule has 3 heteroatoms.